The third-order valence-electron chi connectivity index (χ3n) is 2.62. The molecule has 1 amide bonds. The van der Waals surface area contributed by atoms with Crippen molar-refractivity contribution in [1.29, 1.82) is 0 Å². The van der Waals surface area contributed by atoms with Crippen molar-refractivity contribution in [3.63, 3.8) is 0 Å². The highest BCUT2D eigenvalue weighted by atomic mass is 16.1. The van der Waals surface area contributed by atoms with Crippen LogP contribution in [0.15, 0.2) is 0 Å². The molecule has 0 bridgehead atoms. The van der Waals surface area contributed by atoms with E-state index in [2.05, 4.69) is 26.1 Å². The Hall–Kier alpha value is -0.530. The van der Waals surface area contributed by atoms with Crippen molar-refractivity contribution in [2.45, 2.75) is 52.9 Å². The maximum Gasteiger partial charge on any atom is 0.220 e. The molecule has 0 heterocycles. The lowest BCUT2D eigenvalue weighted by Crippen LogP contribution is -2.25. The summed E-state index contributed by atoms with van der Waals surface area (Å²) in [7, 11) is 0. The van der Waals surface area contributed by atoms with Gasteiger partial charge in [0.1, 0.15) is 0 Å². The van der Waals surface area contributed by atoms with E-state index in [-0.39, 0.29) is 5.91 Å². The molecule has 2 nitrogen and oxygen atoms in total. The molecule has 1 fully saturated rings. The van der Waals surface area contributed by atoms with Crippen LogP contribution in [0.1, 0.15) is 52.9 Å². The van der Waals surface area contributed by atoms with E-state index >= 15 is 0 Å². The predicted molar refractivity (Wildman–Crippen MR) is 59.0 cm³/mol. The van der Waals surface area contributed by atoms with Crippen LogP contribution in [0.3, 0.4) is 0 Å². The van der Waals surface area contributed by atoms with Gasteiger partial charge >= 0.3 is 0 Å². The number of carbonyl (C=O) groups excluding carboxylic acids is 1. The standard InChI is InChI=1S/C12H23NO/c1-12(2,3)8-4-5-11(14)13-9-10-6-7-10/h10H,4-9H2,1-3H3,(H,13,14). The minimum Gasteiger partial charge on any atom is -0.356 e. The van der Waals surface area contributed by atoms with Crippen molar-refractivity contribution in [1.82, 2.24) is 5.32 Å². The Morgan fingerprint density at radius 2 is 2.00 bits per heavy atom. The first-order chi connectivity index (χ1) is 6.47. The molecule has 2 heteroatoms. The van der Waals surface area contributed by atoms with Crippen LogP contribution in [-0.4, -0.2) is 12.5 Å². The molecule has 1 saturated carbocycles. The average molecular weight is 197 g/mol. The van der Waals surface area contributed by atoms with Gasteiger partial charge in [0.25, 0.3) is 0 Å². The summed E-state index contributed by atoms with van der Waals surface area (Å²) in [4.78, 5) is 11.4. The molecule has 0 aromatic rings. The van der Waals surface area contributed by atoms with Gasteiger partial charge in [-0.25, -0.2) is 0 Å². The van der Waals surface area contributed by atoms with Crippen LogP contribution in [0.2, 0.25) is 0 Å². The molecular formula is C12H23NO. The van der Waals surface area contributed by atoms with Crippen LogP contribution in [0, 0.1) is 11.3 Å². The SMILES string of the molecule is CC(C)(C)CCCC(=O)NCC1CC1. The van der Waals surface area contributed by atoms with Gasteiger partial charge < -0.3 is 5.32 Å². The molecule has 0 aliphatic heterocycles. The second-order valence-corrected chi connectivity index (χ2v) is 5.66. The monoisotopic (exact) mass is 197 g/mol. The summed E-state index contributed by atoms with van der Waals surface area (Å²) in [5.41, 5.74) is 0.358. The lowest BCUT2D eigenvalue weighted by molar-refractivity contribution is -0.121. The number of rotatable bonds is 5. The van der Waals surface area contributed by atoms with Gasteiger partial charge in [0, 0.05) is 13.0 Å². The smallest absolute Gasteiger partial charge is 0.220 e. The molecule has 14 heavy (non-hydrogen) atoms. The number of amides is 1. The van der Waals surface area contributed by atoms with Crippen molar-refractivity contribution in [3.05, 3.63) is 0 Å². The minimum absolute atomic E-state index is 0.237. The zero-order valence-electron chi connectivity index (χ0n) is 9.73. The lowest BCUT2D eigenvalue weighted by Gasteiger charge is -2.17. The largest absolute Gasteiger partial charge is 0.356 e. The maximum atomic E-state index is 11.4. The number of hydrogen-bond donors (Lipinski definition) is 1. The van der Waals surface area contributed by atoms with E-state index in [1.54, 1.807) is 0 Å². The van der Waals surface area contributed by atoms with Gasteiger partial charge in [-0.3, -0.25) is 4.79 Å². The predicted octanol–water partition coefficient (Wildman–Crippen LogP) is 2.73. The van der Waals surface area contributed by atoms with Crippen molar-refractivity contribution in [3.8, 4) is 0 Å². The first-order valence-corrected chi connectivity index (χ1v) is 5.74. The summed E-state index contributed by atoms with van der Waals surface area (Å²) in [6.45, 7) is 7.56. The summed E-state index contributed by atoms with van der Waals surface area (Å²) < 4.78 is 0. The Morgan fingerprint density at radius 3 is 2.50 bits per heavy atom. The summed E-state index contributed by atoms with van der Waals surface area (Å²) in [6.07, 6.45) is 5.46. The molecule has 82 valence electrons. The molecule has 1 aliphatic carbocycles. The Balaban J connectivity index is 1.96. The van der Waals surface area contributed by atoms with Gasteiger partial charge in [-0.2, -0.15) is 0 Å². The van der Waals surface area contributed by atoms with Gasteiger partial charge in [0.05, 0.1) is 0 Å². The topological polar surface area (TPSA) is 29.1 Å². The summed E-state index contributed by atoms with van der Waals surface area (Å²) in [6, 6.07) is 0. The number of nitrogens with one attached hydrogen (secondary N) is 1. The Labute approximate surface area is 87.5 Å². The molecule has 1 rings (SSSR count). The van der Waals surface area contributed by atoms with Crippen LogP contribution in [-0.2, 0) is 4.79 Å². The van der Waals surface area contributed by atoms with Crippen LogP contribution < -0.4 is 5.32 Å². The van der Waals surface area contributed by atoms with E-state index in [0.29, 0.717) is 11.8 Å². The Bertz CT molecular complexity index is 189. The Kier molecular flexibility index (Phi) is 3.97. The zero-order valence-corrected chi connectivity index (χ0v) is 9.73. The van der Waals surface area contributed by atoms with Crippen LogP contribution in [0.4, 0.5) is 0 Å². The van der Waals surface area contributed by atoms with Crippen molar-refractivity contribution < 1.29 is 4.79 Å². The van der Waals surface area contributed by atoms with Gasteiger partial charge in [0.15, 0.2) is 0 Å². The highest BCUT2D eigenvalue weighted by Crippen LogP contribution is 2.27. The van der Waals surface area contributed by atoms with Gasteiger partial charge in [-0.1, -0.05) is 20.8 Å². The second-order valence-electron chi connectivity index (χ2n) is 5.66. The number of carbonyl (C=O) groups is 1. The van der Waals surface area contributed by atoms with Crippen LogP contribution in [0.5, 0.6) is 0 Å². The second kappa shape index (κ2) is 4.81. The molecular weight excluding hydrogens is 174 g/mol. The van der Waals surface area contributed by atoms with E-state index < -0.39 is 0 Å². The van der Waals surface area contributed by atoms with E-state index in [9.17, 15) is 4.79 Å². The lowest BCUT2D eigenvalue weighted by atomic mass is 9.90. The van der Waals surface area contributed by atoms with Gasteiger partial charge in [-0.05, 0) is 37.0 Å². The van der Waals surface area contributed by atoms with Crippen LogP contribution in [0.25, 0.3) is 0 Å². The molecule has 0 saturated heterocycles. The van der Waals surface area contributed by atoms with E-state index in [1.165, 1.54) is 12.8 Å². The van der Waals surface area contributed by atoms with Gasteiger partial charge in [0.2, 0.25) is 5.91 Å². The maximum absolute atomic E-state index is 11.4. The third kappa shape index (κ3) is 6.01. The van der Waals surface area contributed by atoms with Gasteiger partial charge in [-0.15, -0.1) is 0 Å². The molecule has 0 atom stereocenters. The average Bonchev–Trinajstić information content (AvgIpc) is 2.81. The summed E-state index contributed by atoms with van der Waals surface area (Å²) in [5, 5.41) is 2.99. The normalized spacial score (nSPS) is 16.8. The number of hydrogen-bond acceptors (Lipinski definition) is 1. The van der Waals surface area contributed by atoms with Crippen LogP contribution >= 0.6 is 0 Å². The third-order valence-corrected chi connectivity index (χ3v) is 2.62. The fraction of sp³-hybridized carbons (Fsp3) is 0.917. The highest BCUT2D eigenvalue weighted by molar-refractivity contribution is 5.75. The zero-order chi connectivity index (χ0) is 10.6. The molecule has 0 aromatic heterocycles. The quantitative estimate of drug-likeness (QED) is 0.721. The van der Waals surface area contributed by atoms with E-state index in [1.807, 2.05) is 0 Å². The fourth-order valence-electron chi connectivity index (χ4n) is 1.45. The Morgan fingerprint density at radius 1 is 1.36 bits per heavy atom. The fourth-order valence-corrected chi connectivity index (χ4v) is 1.45. The molecule has 1 N–H and O–H groups in total. The van der Waals surface area contributed by atoms with Crippen molar-refractivity contribution >= 4 is 5.91 Å². The molecule has 0 radical (unpaired) electrons. The summed E-state index contributed by atoms with van der Waals surface area (Å²) >= 11 is 0. The van der Waals surface area contributed by atoms with E-state index in [0.717, 1.165) is 25.3 Å². The molecule has 0 aromatic carbocycles. The van der Waals surface area contributed by atoms with Crippen molar-refractivity contribution in [2.75, 3.05) is 6.54 Å². The van der Waals surface area contributed by atoms with Crippen molar-refractivity contribution in [2.24, 2.45) is 11.3 Å². The van der Waals surface area contributed by atoms with E-state index in [4.69, 9.17) is 0 Å². The summed E-state index contributed by atoms with van der Waals surface area (Å²) in [5.74, 6) is 1.03. The minimum atomic E-state index is 0.237. The highest BCUT2D eigenvalue weighted by Gasteiger charge is 2.21. The molecule has 1 aliphatic rings. The first-order valence-electron chi connectivity index (χ1n) is 5.74. The first kappa shape index (κ1) is 11.5. The molecule has 0 unspecified atom stereocenters. The molecule has 0 spiro atoms.